The average Bonchev–Trinajstić information content (AvgIpc) is 3.44. The van der Waals surface area contributed by atoms with Crippen molar-refractivity contribution in [3.8, 4) is 0 Å². The topological polar surface area (TPSA) is 37.4 Å². The molecule has 162 valence electrons. The fraction of sp³-hybridized carbons (Fsp3) is 0.143. The maximum absolute atomic E-state index is 13.8. The lowest BCUT2D eigenvalue weighted by Gasteiger charge is -2.21. The van der Waals surface area contributed by atoms with Crippen LogP contribution in [0.3, 0.4) is 0 Å². The molecule has 3 nitrogen and oxygen atoms in total. The van der Waals surface area contributed by atoms with Gasteiger partial charge in [-0.1, -0.05) is 72.8 Å². The lowest BCUT2D eigenvalue weighted by Crippen LogP contribution is -2.33. The number of carbonyl (C=O) groups is 2. The highest BCUT2D eigenvalue weighted by molar-refractivity contribution is 6.23. The van der Waals surface area contributed by atoms with Gasteiger partial charge in [-0.3, -0.25) is 9.59 Å². The molecule has 0 N–H and O–H groups in total. The van der Waals surface area contributed by atoms with Gasteiger partial charge in [-0.2, -0.15) is 0 Å². The van der Waals surface area contributed by atoms with Crippen LogP contribution in [-0.2, 0) is 9.59 Å². The van der Waals surface area contributed by atoms with Gasteiger partial charge in [-0.15, -0.1) is 0 Å². The molecule has 3 aliphatic rings. The molecule has 5 heteroatoms. The number of benzene rings is 3. The van der Waals surface area contributed by atoms with Gasteiger partial charge in [0.2, 0.25) is 11.8 Å². The summed E-state index contributed by atoms with van der Waals surface area (Å²) < 4.78 is 27.7. The standard InChI is InChI=1S/C28H19F2NO2/c29-18-13-19(30)15-20(14-18)31-27(32)25-21-11-12-22(26(25)28(31)33)24(21)23(16-7-3-1-4-8-16)17-9-5-2-6-10-17/h1-15,21-22,25-26H/t21-,22-,25+,26+/m0/s1. The van der Waals surface area contributed by atoms with E-state index in [9.17, 15) is 18.4 Å². The van der Waals surface area contributed by atoms with E-state index in [0.29, 0.717) is 0 Å². The second kappa shape index (κ2) is 7.34. The maximum Gasteiger partial charge on any atom is 0.238 e. The maximum atomic E-state index is 13.8. The number of allylic oxidation sites excluding steroid dienone is 3. The number of halogens is 2. The second-order valence-electron chi connectivity index (χ2n) is 8.69. The molecule has 4 atom stereocenters. The minimum Gasteiger partial charge on any atom is -0.274 e. The van der Waals surface area contributed by atoms with Crippen LogP contribution in [0.5, 0.6) is 0 Å². The van der Waals surface area contributed by atoms with Gasteiger partial charge in [-0.25, -0.2) is 13.7 Å². The molecular weight excluding hydrogens is 420 g/mol. The molecule has 1 aliphatic heterocycles. The largest absolute Gasteiger partial charge is 0.274 e. The second-order valence-corrected chi connectivity index (χ2v) is 8.69. The summed E-state index contributed by atoms with van der Waals surface area (Å²) in [4.78, 5) is 27.9. The Balaban J connectivity index is 1.49. The summed E-state index contributed by atoms with van der Waals surface area (Å²) in [5.74, 6) is -4.06. The van der Waals surface area contributed by atoms with Gasteiger partial charge in [0.05, 0.1) is 17.5 Å². The number of fused-ring (bicyclic) bond motifs is 5. The van der Waals surface area contributed by atoms with E-state index in [2.05, 4.69) is 0 Å². The highest BCUT2D eigenvalue weighted by Crippen LogP contribution is 2.58. The Kier molecular flexibility index (Phi) is 4.40. The number of imide groups is 1. The number of anilines is 1. The van der Waals surface area contributed by atoms with Gasteiger partial charge in [0.15, 0.2) is 0 Å². The molecule has 1 saturated carbocycles. The van der Waals surface area contributed by atoms with E-state index in [4.69, 9.17) is 0 Å². The smallest absolute Gasteiger partial charge is 0.238 e. The van der Waals surface area contributed by atoms with Gasteiger partial charge in [0.25, 0.3) is 0 Å². The van der Waals surface area contributed by atoms with E-state index in [0.717, 1.165) is 45.4 Å². The van der Waals surface area contributed by atoms with E-state index < -0.39 is 35.3 Å². The summed E-state index contributed by atoms with van der Waals surface area (Å²) >= 11 is 0. The lowest BCUT2D eigenvalue weighted by molar-refractivity contribution is -0.122. The Hall–Kier alpha value is -3.86. The first-order valence-corrected chi connectivity index (χ1v) is 10.9. The predicted molar refractivity (Wildman–Crippen MR) is 121 cm³/mol. The molecule has 6 rings (SSSR count). The number of rotatable bonds is 3. The predicted octanol–water partition coefficient (Wildman–Crippen LogP) is 5.39. The Bertz CT molecular complexity index is 1250. The van der Waals surface area contributed by atoms with Crippen molar-refractivity contribution < 1.29 is 18.4 Å². The van der Waals surface area contributed by atoms with Crippen LogP contribution in [0.2, 0.25) is 0 Å². The number of hydrogen-bond acceptors (Lipinski definition) is 2. The van der Waals surface area contributed by atoms with Crippen molar-refractivity contribution in [2.45, 2.75) is 0 Å². The molecule has 33 heavy (non-hydrogen) atoms. The minimum atomic E-state index is -0.820. The molecule has 0 radical (unpaired) electrons. The zero-order chi connectivity index (χ0) is 22.7. The summed E-state index contributed by atoms with van der Waals surface area (Å²) in [7, 11) is 0. The summed E-state index contributed by atoms with van der Waals surface area (Å²) in [6.07, 6.45) is 4.02. The molecule has 0 spiro atoms. The summed E-state index contributed by atoms with van der Waals surface area (Å²) in [6.45, 7) is 0. The van der Waals surface area contributed by atoms with Gasteiger partial charge in [-0.05, 0) is 34.4 Å². The Morgan fingerprint density at radius 1 is 0.667 bits per heavy atom. The van der Waals surface area contributed by atoms with Crippen LogP contribution < -0.4 is 4.90 Å². The first kappa shape index (κ1) is 19.8. The van der Waals surface area contributed by atoms with E-state index in [1.54, 1.807) is 0 Å². The number of amides is 2. The number of nitrogens with zero attached hydrogens (tertiary/aromatic N) is 1. The van der Waals surface area contributed by atoms with Gasteiger partial charge in [0.1, 0.15) is 11.6 Å². The Morgan fingerprint density at radius 3 is 1.58 bits per heavy atom. The van der Waals surface area contributed by atoms with Gasteiger partial charge in [0, 0.05) is 17.9 Å². The first-order valence-electron chi connectivity index (χ1n) is 10.9. The van der Waals surface area contributed by atoms with Crippen LogP contribution in [0.25, 0.3) is 5.57 Å². The normalized spacial score (nSPS) is 25.2. The van der Waals surface area contributed by atoms with Crippen molar-refractivity contribution in [2.75, 3.05) is 4.90 Å². The SMILES string of the molecule is O=C1[C@H]2[C@H](C(=O)N1c1cc(F)cc(F)c1)[C@H]1C=C[C@H]2C1=C(c1ccccc1)c1ccccc1. The third-order valence-electron chi connectivity index (χ3n) is 6.93. The fourth-order valence-corrected chi connectivity index (χ4v) is 5.73. The molecular formula is C28H19F2NO2. The third-order valence-corrected chi connectivity index (χ3v) is 6.93. The average molecular weight is 439 g/mol. The zero-order valence-corrected chi connectivity index (χ0v) is 17.5. The lowest BCUT2D eigenvalue weighted by atomic mass is 9.85. The van der Waals surface area contributed by atoms with Crippen molar-refractivity contribution in [1.29, 1.82) is 0 Å². The fourth-order valence-electron chi connectivity index (χ4n) is 5.73. The quantitative estimate of drug-likeness (QED) is 0.406. The van der Waals surface area contributed by atoms with E-state index >= 15 is 0 Å². The molecule has 0 unspecified atom stereocenters. The highest BCUT2D eigenvalue weighted by Gasteiger charge is 2.62. The molecule has 2 amide bonds. The van der Waals surface area contributed by atoms with E-state index in [1.165, 1.54) is 0 Å². The van der Waals surface area contributed by atoms with Gasteiger partial charge < -0.3 is 0 Å². The molecule has 3 aromatic rings. The zero-order valence-electron chi connectivity index (χ0n) is 17.5. The summed E-state index contributed by atoms with van der Waals surface area (Å²) in [5, 5.41) is 0. The van der Waals surface area contributed by atoms with Crippen LogP contribution in [0.15, 0.2) is 96.6 Å². The van der Waals surface area contributed by atoms with Crippen molar-refractivity contribution in [3.05, 3.63) is 119 Å². The van der Waals surface area contributed by atoms with Crippen LogP contribution in [-0.4, -0.2) is 11.8 Å². The van der Waals surface area contributed by atoms with Crippen molar-refractivity contribution in [2.24, 2.45) is 23.7 Å². The Labute approximate surface area is 189 Å². The highest BCUT2D eigenvalue weighted by atomic mass is 19.1. The Morgan fingerprint density at radius 2 is 1.12 bits per heavy atom. The van der Waals surface area contributed by atoms with E-state index in [1.807, 2.05) is 72.8 Å². The van der Waals surface area contributed by atoms with Crippen LogP contribution in [0, 0.1) is 35.3 Å². The summed E-state index contributed by atoms with van der Waals surface area (Å²) in [6, 6.07) is 22.7. The molecule has 0 aromatic heterocycles. The third kappa shape index (κ3) is 2.92. The van der Waals surface area contributed by atoms with E-state index in [-0.39, 0.29) is 17.5 Å². The van der Waals surface area contributed by atoms with Crippen molar-refractivity contribution in [1.82, 2.24) is 0 Å². The summed E-state index contributed by atoms with van der Waals surface area (Å²) in [5.41, 5.74) is 4.11. The molecule has 2 aliphatic carbocycles. The van der Waals surface area contributed by atoms with Crippen LogP contribution in [0.1, 0.15) is 11.1 Å². The van der Waals surface area contributed by atoms with Crippen LogP contribution in [0.4, 0.5) is 14.5 Å². The van der Waals surface area contributed by atoms with Gasteiger partial charge >= 0.3 is 0 Å². The molecule has 2 fully saturated rings. The van der Waals surface area contributed by atoms with Crippen molar-refractivity contribution in [3.63, 3.8) is 0 Å². The molecule has 3 aromatic carbocycles. The number of hydrogen-bond donors (Lipinski definition) is 0. The first-order chi connectivity index (χ1) is 16.0. The molecule has 1 heterocycles. The number of carbonyl (C=O) groups excluding carboxylic acids is 2. The monoisotopic (exact) mass is 439 g/mol. The van der Waals surface area contributed by atoms with Crippen LogP contribution >= 0.6 is 0 Å². The molecule has 2 bridgehead atoms. The minimum absolute atomic E-state index is 0.0480. The molecule has 1 saturated heterocycles. The van der Waals surface area contributed by atoms with Crippen molar-refractivity contribution >= 4 is 23.1 Å².